The molecule has 0 saturated heterocycles. The molecule has 2 heterocycles. The number of hydrogen-bond acceptors (Lipinski definition) is 6. The molecule has 3 aromatic rings. The average Bonchev–Trinajstić information content (AvgIpc) is 3.58. The third kappa shape index (κ3) is 3.76. The average molecular weight is 454 g/mol. The molecule has 1 aromatic carbocycles. The highest BCUT2D eigenvalue weighted by Crippen LogP contribution is 2.49. The first-order valence-electron chi connectivity index (χ1n) is 10.8. The summed E-state index contributed by atoms with van der Waals surface area (Å²) in [5.41, 5.74) is -0.426. The molecule has 2 fully saturated rings. The number of fused-ring (bicyclic) bond motifs is 2. The summed E-state index contributed by atoms with van der Waals surface area (Å²) in [6, 6.07) is 18.3. The second-order valence-corrected chi connectivity index (χ2v) is 10.6. The van der Waals surface area contributed by atoms with E-state index in [9.17, 15) is 9.90 Å². The number of nitrogens with zero attached hydrogens (tertiary/aromatic N) is 1. The molecular formula is C25H27NO3S2. The minimum absolute atomic E-state index is 0.138. The maximum absolute atomic E-state index is 13.4. The number of benzene rings is 1. The van der Waals surface area contributed by atoms with Gasteiger partial charge >= 0.3 is 5.97 Å². The van der Waals surface area contributed by atoms with Crippen molar-refractivity contribution in [3.8, 4) is 0 Å². The minimum Gasteiger partial charge on any atom is -0.459 e. The molecule has 2 aliphatic rings. The topological polar surface area (TPSA) is 49.8 Å². The van der Waals surface area contributed by atoms with Crippen LogP contribution in [0.2, 0.25) is 0 Å². The van der Waals surface area contributed by atoms with Gasteiger partial charge < -0.3 is 9.84 Å². The normalized spacial score (nSPS) is 25.3. The molecule has 31 heavy (non-hydrogen) atoms. The molecule has 5 rings (SSSR count). The maximum atomic E-state index is 13.4. The number of ether oxygens (including phenoxy) is 1. The molecule has 2 aromatic heterocycles. The molecule has 0 radical (unpaired) electrons. The van der Waals surface area contributed by atoms with E-state index in [0.29, 0.717) is 27.6 Å². The molecule has 1 N–H and O–H groups in total. The second-order valence-electron chi connectivity index (χ2n) is 8.74. The summed E-state index contributed by atoms with van der Waals surface area (Å²) in [5.74, 6) is 0.311. The minimum atomic E-state index is -1.73. The number of carbonyl (C=O) groups excluding carboxylic acids is 1. The quantitative estimate of drug-likeness (QED) is 0.518. The summed E-state index contributed by atoms with van der Waals surface area (Å²) in [6.07, 6.45) is 3.00. The van der Waals surface area contributed by atoms with Crippen LogP contribution in [0.5, 0.6) is 0 Å². The van der Waals surface area contributed by atoms with E-state index in [2.05, 4.69) is 36.2 Å². The molecule has 0 aliphatic heterocycles. The SMILES string of the molecule is CN(Cc1ccccc1)C1C2CC[C@@H]1[C@H](OC(=O)C(O)(c1cccs1)c1cccs1)C2. The van der Waals surface area contributed by atoms with E-state index in [1.807, 2.05) is 41.1 Å². The van der Waals surface area contributed by atoms with Crippen LogP contribution in [0.4, 0.5) is 0 Å². The van der Waals surface area contributed by atoms with Crippen LogP contribution < -0.4 is 0 Å². The van der Waals surface area contributed by atoms with Gasteiger partial charge in [-0.05, 0) is 60.7 Å². The highest BCUT2D eigenvalue weighted by atomic mass is 32.1. The highest BCUT2D eigenvalue weighted by molar-refractivity contribution is 7.12. The fourth-order valence-electron chi connectivity index (χ4n) is 5.55. The Balaban J connectivity index is 1.33. The Bertz CT molecular complexity index is 969. The first-order valence-corrected chi connectivity index (χ1v) is 12.6. The van der Waals surface area contributed by atoms with E-state index in [1.54, 1.807) is 0 Å². The molecule has 2 saturated carbocycles. The maximum Gasteiger partial charge on any atom is 0.349 e. The van der Waals surface area contributed by atoms with Gasteiger partial charge in [0.1, 0.15) is 6.10 Å². The van der Waals surface area contributed by atoms with E-state index in [0.717, 1.165) is 19.4 Å². The monoisotopic (exact) mass is 453 g/mol. The van der Waals surface area contributed by atoms with Gasteiger partial charge in [0.05, 0.1) is 9.75 Å². The third-order valence-electron chi connectivity index (χ3n) is 6.90. The van der Waals surface area contributed by atoms with E-state index >= 15 is 0 Å². The molecular weight excluding hydrogens is 426 g/mol. The predicted molar refractivity (Wildman–Crippen MR) is 124 cm³/mol. The Morgan fingerprint density at radius 3 is 2.35 bits per heavy atom. The lowest BCUT2D eigenvalue weighted by Crippen LogP contribution is -2.41. The highest BCUT2D eigenvalue weighted by Gasteiger charge is 2.53. The third-order valence-corrected chi connectivity index (χ3v) is 8.86. The van der Waals surface area contributed by atoms with Crippen LogP contribution in [0.1, 0.15) is 34.6 Å². The van der Waals surface area contributed by atoms with Crippen LogP contribution in [0.3, 0.4) is 0 Å². The van der Waals surface area contributed by atoms with Crippen LogP contribution in [-0.2, 0) is 21.7 Å². The summed E-state index contributed by atoms with van der Waals surface area (Å²) in [7, 11) is 2.18. The van der Waals surface area contributed by atoms with Gasteiger partial charge in [0.25, 0.3) is 0 Å². The zero-order valence-electron chi connectivity index (χ0n) is 17.5. The van der Waals surface area contributed by atoms with Crippen LogP contribution in [-0.4, -0.2) is 35.2 Å². The molecule has 4 nitrogen and oxygen atoms in total. The number of carbonyl (C=O) groups is 1. The number of thiophene rings is 2. The van der Waals surface area contributed by atoms with Gasteiger partial charge in [0.2, 0.25) is 5.60 Å². The standard InChI is InChI=1S/C25H27NO3S2/c1-26(16-17-7-3-2-4-8-17)23-18-11-12-19(23)20(15-18)29-24(27)25(28,21-9-5-13-30-21)22-10-6-14-31-22/h2-10,13-14,18-20,23,28H,11-12,15-16H2,1H3/t18?,19-,20-,23?/m1/s1. The fraction of sp³-hybridized carbons (Fsp3) is 0.400. The van der Waals surface area contributed by atoms with Crippen molar-refractivity contribution in [2.24, 2.45) is 11.8 Å². The summed E-state index contributed by atoms with van der Waals surface area (Å²) in [6.45, 7) is 0.896. The Morgan fingerprint density at radius 1 is 1.06 bits per heavy atom. The summed E-state index contributed by atoms with van der Waals surface area (Å²) in [4.78, 5) is 17.0. The predicted octanol–water partition coefficient (Wildman–Crippen LogP) is 4.89. The van der Waals surface area contributed by atoms with Gasteiger partial charge in [-0.3, -0.25) is 4.90 Å². The smallest absolute Gasteiger partial charge is 0.349 e. The number of rotatable bonds is 7. The van der Waals surface area contributed by atoms with Crippen molar-refractivity contribution in [1.29, 1.82) is 0 Å². The van der Waals surface area contributed by atoms with Gasteiger partial charge in [0.15, 0.2) is 0 Å². The molecule has 6 heteroatoms. The van der Waals surface area contributed by atoms with Crippen molar-refractivity contribution >= 4 is 28.6 Å². The van der Waals surface area contributed by atoms with Crippen molar-refractivity contribution in [2.45, 2.75) is 43.6 Å². The summed E-state index contributed by atoms with van der Waals surface area (Å²) < 4.78 is 6.09. The lowest BCUT2D eigenvalue weighted by atomic mass is 9.96. The van der Waals surface area contributed by atoms with Crippen molar-refractivity contribution in [3.63, 3.8) is 0 Å². The van der Waals surface area contributed by atoms with Crippen LogP contribution >= 0.6 is 22.7 Å². The van der Waals surface area contributed by atoms with Crippen LogP contribution in [0, 0.1) is 11.8 Å². The van der Waals surface area contributed by atoms with E-state index in [4.69, 9.17) is 4.74 Å². The molecule has 4 atom stereocenters. The number of aliphatic hydroxyl groups is 1. The van der Waals surface area contributed by atoms with E-state index in [1.165, 1.54) is 34.7 Å². The molecule has 162 valence electrons. The fourth-order valence-corrected chi connectivity index (χ4v) is 7.26. The van der Waals surface area contributed by atoms with Crippen molar-refractivity contribution in [1.82, 2.24) is 4.90 Å². The van der Waals surface area contributed by atoms with E-state index < -0.39 is 11.6 Å². The zero-order valence-corrected chi connectivity index (χ0v) is 19.1. The molecule has 2 aliphatic carbocycles. The van der Waals surface area contributed by atoms with Gasteiger partial charge in [-0.15, -0.1) is 22.7 Å². The van der Waals surface area contributed by atoms with Crippen LogP contribution in [0.15, 0.2) is 65.4 Å². The summed E-state index contributed by atoms with van der Waals surface area (Å²) >= 11 is 2.77. The van der Waals surface area contributed by atoms with Crippen molar-refractivity contribution in [3.05, 3.63) is 80.7 Å². The lowest BCUT2D eigenvalue weighted by Gasteiger charge is -2.31. The molecule has 0 spiro atoms. The number of esters is 1. The largest absolute Gasteiger partial charge is 0.459 e. The lowest BCUT2D eigenvalue weighted by molar-refractivity contribution is -0.170. The first kappa shape index (κ1) is 20.9. The molecule has 2 unspecified atom stereocenters. The Kier molecular flexibility index (Phi) is 5.73. The van der Waals surface area contributed by atoms with Gasteiger partial charge in [-0.1, -0.05) is 42.5 Å². The van der Waals surface area contributed by atoms with Gasteiger partial charge in [-0.2, -0.15) is 0 Å². The first-order chi connectivity index (χ1) is 15.1. The number of hydrogen-bond donors (Lipinski definition) is 1. The van der Waals surface area contributed by atoms with Crippen LogP contribution in [0.25, 0.3) is 0 Å². The van der Waals surface area contributed by atoms with Crippen molar-refractivity contribution < 1.29 is 14.6 Å². The molecule has 0 amide bonds. The summed E-state index contributed by atoms with van der Waals surface area (Å²) in [5, 5.41) is 15.3. The van der Waals surface area contributed by atoms with Gasteiger partial charge in [0, 0.05) is 18.5 Å². The molecule has 2 bridgehead atoms. The van der Waals surface area contributed by atoms with Crippen molar-refractivity contribution in [2.75, 3.05) is 7.05 Å². The second kappa shape index (κ2) is 8.51. The van der Waals surface area contributed by atoms with Gasteiger partial charge in [-0.25, -0.2) is 4.79 Å². The Labute approximate surface area is 191 Å². The zero-order chi connectivity index (χ0) is 21.4. The Hall–Kier alpha value is -1.99. The Morgan fingerprint density at radius 2 is 1.74 bits per heavy atom. The van der Waals surface area contributed by atoms with E-state index in [-0.39, 0.29) is 6.10 Å².